The van der Waals surface area contributed by atoms with Crippen LogP contribution in [0.1, 0.15) is 13.3 Å². The van der Waals surface area contributed by atoms with Gasteiger partial charge in [-0.05, 0) is 6.92 Å². The minimum absolute atomic E-state index is 0.0500. The molecule has 4 N–H and O–H groups in total. The first-order chi connectivity index (χ1) is 5.43. The van der Waals surface area contributed by atoms with Gasteiger partial charge in [-0.1, -0.05) is 0 Å². The number of primary amides is 1. The van der Waals surface area contributed by atoms with Crippen molar-refractivity contribution in [3.8, 4) is 0 Å². The summed E-state index contributed by atoms with van der Waals surface area (Å²) >= 11 is 0. The second-order valence-electron chi connectivity index (χ2n) is 2.90. The maximum absolute atomic E-state index is 11.1. The predicted molar refractivity (Wildman–Crippen MR) is 45.1 cm³/mol. The SMILES string of the molecule is CC(N)CC(=O)N(C)CC(N)=O. The molecule has 0 aromatic carbocycles. The van der Waals surface area contributed by atoms with Crippen LogP contribution in [0.3, 0.4) is 0 Å². The molecule has 0 aliphatic carbocycles. The molecule has 0 aromatic heterocycles. The molecule has 5 nitrogen and oxygen atoms in total. The van der Waals surface area contributed by atoms with Crippen molar-refractivity contribution in [3.05, 3.63) is 0 Å². The number of hydrogen-bond acceptors (Lipinski definition) is 3. The molecule has 0 heterocycles. The summed E-state index contributed by atoms with van der Waals surface area (Å²) in [7, 11) is 1.52. The summed E-state index contributed by atoms with van der Waals surface area (Å²) in [4.78, 5) is 22.8. The van der Waals surface area contributed by atoms with Crippen molar-refractivity contribution in [2.75, 3.05) is 13.6 Å². The maximum atomic E-state index is 11.1. The topological polar surface area (TPSA) is 89.4 Å². The Morgan fingerprint density at radius 3 is 2.33 bits per heavy atom. The zero-order chi connectivity index (χ0) is 9.72. The average Bonchev–Trinajstić information content (AvgIpc) is 1.84. The lowest BCUT2D eigenvalue weighted by Crippen LogP contribution is -2.37. The zero-order valence-electron chi connectivity index (χ0n) is 7.41. The van der Waals surface area contributed by atoms with E-state index in [-0.39, 0.29) is 24.9 Å². The molecule has 0 fully saturated rings. The van der Waals surface area contributed by atoms with Gasteiger partial charge in [0.25, 0.3) is 0 Å². The molecule has 12 heavy (non-hydrogen) atoms. The van der Waals surface area contributed by atoms with Gasteiger partial charge in [0.15, 0.2) is 0 Å². The van der Waals surface area contributed by atoms with Crippen LogP contribution in [0.15, 0.2) is 0 Å². The van der Waals surface area contributed by atoms with Crippen LogP contribution < -0.4 is 11.5 Å². The minimum Gasteiger partial charge on any atom is -0.368 e. The van der Waals surface area contributed by atoms with Crippen LogP contribution in [0.25, 0.3) is 0 Å². The monoisotopic (exact) mass is 173 g/mol. The Balaban J connectivity index is 3.85. The lowest BCUT2D eigenvalue weighted by molar-refractivity contribution is -0.134. The first-order valence-corrected chi connectivity index (χ1v) is 3.71. The third-order valence-electron chi connectivity index (χ3n) is 1.32. The molecule has 0 aromatic rings. The smallest absolute Gasteiger partial charge is 0.237 e. The van der Waals surface area contributed by atoms with E-state index in [4.69, 9.17) is 11.5 Å². The van der Waals surface area contributed by atoms with Crippen molar-refractivity contribution in [2.45, 2.75) is 19.4 Å². The van der Waals surface area contributed by atoms with Crippen LogP contribution in [0.2, 0.25) is 0 Å². The largest absolute Gasteiger partial charge is 0.368 e. The van der Waals surface area contributed by atoms with Gasteiger partial charge in [0.2, 0.25) is 11.8 Å². The van der Waals surface area contributed by atoms with Crippen LogP contribution in [-0.2, 0) is 9.59 Å². The van der Waals surface area contributed by atoms with Crippen molar-refractivity contribution >= 4 is 11.8 Å². The Hall–Kier alpha value is -1.10. The van der Waals surface area contributed by atoms with Gasteiger partial charge in [-0.15, -0.1) is 0 Å². The fraction of sp³-hybridized carbons (Fsp3) is 0.714. The molecule has 1 atom stereocenters. The van der Waals surface area contributed by atoms with Gasteiger partial charge in [0.1, 0.15) is 0 Å². The molecule has 1 unspecified atom stereocenters. The van der Waals surface area contributed by atoms with E-state index in [9.17, 15) is 9.59 Å². The zero-order valence-corrected chi connectivity index (χ0v) is 7.41. The quantitative estimate of drug-likeness (QED) is 0.551. The minimum atomic E-state index is -0.518. The van der Waals surface area contributed by atoms with Crippen molar-refractivity contribution in [1.29, 1.82) is 0 Å². The molecule has 0 radical (unpaired) electrons. The summed E-state index contributed by atoms with van der Waals surface area (Å²) in [6.07, 6.45) is 0.240. The first kappa shape index (κ1) is 10.9. The molecular formula is C7H15N3O2. The Kier molecular flexibility index (Phi) is 4.28. The number of nitrogens with zero attached hydrogens (tertiary/aromatic N) is 1. The molecule has 5 heteroatoms. The molecule has 70 valence electrons. The van der Waals surface area contributed by atoms with E-state index in [0.29, 0.717) is 0 Å². The van der Waals surface area contributed by atoms with E-state index in [2.05, 4.69) is 0 Å². The highest BCUT2D eigenvalue weighted by Crippen LogP contribution is 1.92. The summed E-state index contributed by atoms with van der Waals surface area (Å²) < 4.78 is 0. The molecule has 0 rings (SSSR count). The summed E-state index contributed by atoms with van der Waals surface area (Å²) in [5, 5.41) is 0. The number of carbonyl (C=O) groups is 2. The molecule has 0 aliphatic heterocycles. The van der Waals surface area contributed by atoms with Gasteiger partial charge in [-0.2, -0.15) is 0 Å². The van der Waals surface area contributed by atoms with E-state index in [0.717, 1.165) is 0 Å². The van der Waals surface area contributed by atoms with E-state index in [1.807, 2.05) is 0 Å². The van der Waals surface area contributed by atoms with E-state index in [1.54, 1.807) is 6.92 Å². The maximum Gasteiger partial charge on any atom is 0.237 e. The molecule has 0 saturated carbocycles. The second kappa shape index (κ2) is 4.71. The van der Waals surface area contributed by atoms with Gasteiger partial charge >= 0.3 is 0 Å². The van der Waals surface area contributed by atoms with Crippen LogP contribution >= 0.6 is 0 Å². The van der Waals surface area contributed by atoms with Crippen LogP contribution in [0.4, 0.5) is 0 Å². The van der Waals surface area contributed by atoms with Crippen molar-refractivity contribution < 1.29 is 9.59 Å². The fourth-order valence-corrected chi connectivity index (χ4v) is 0.753. The number of carbonyl (C=O) groups excluding carboxylic acids is 2. The molecule has 0 bridgehead atoms. The summed E-state index contributed by atoms with van der Waals surface area (Å²) in [6.45, 7) is 1.68. The third-order valence-corrected chi connectivity index (χ3v) is 1.32. The number of nitrogens with two attached hydrogens (primary N) is 2. The van der Waals surface area contributed by atoms with Crippen molar-refractivity contribution in [2.24, 2.45) is 11.5 Å². The van der Waals surface area contributed by atoms with Crippen molar-refractivity contribution in [3.63, 3.8) is 0 Å². The average molecular weight is 173 g/mol. The fourth-order valence-electron chi connectivity index (χ4n) is 0.753. The molecule has 0 saturated heterocycles. The van der Waals surface area contributed by atoms with E-state index >= 15 is 0 Å². The molecule has 0 spiro atoms. The summed E-state index contributed by atoms with van der Waals surface area (Å²) in [5.41, 5.74) is 10.3. The number of likely N-dealkylation sites (N-methyl/N-ethyl adjacent to an activating group) is 1. The van der Waals surface area contributed by atoms with Gasteiger partial charge in [0, 0.05) is 19.5 Å². The highest BCUT2D eigenvalue weighted by atomic mass is 16.2. The Morgan fingerprint density at radius 2 is 2.00 bits per heavy atom. The lowest BCUT2D eigenvalue weighted by atomic mass is 10.2. The normalized spacial score (nSPS) is 12.2. The summed E-state index contributed by atoms with van der Waals surface area (Å²) in [5.74, 6) is -0.681. The number of amides is 2. The summed E-state index contributed by atoms with van der Waals surface area (Å²) in [6, 6.07) is -0.187. The van der Waals surface area contributed by atoms with Crippen LogP contribution in [0.5, 0.6) is 0 Å². The predicted octanol–water partition coefficient (Wildman–Crippen LogP) is -1.33. The third kappa shape index (κ3) is 4.68. The van der Waals surface area contributed by atoms with Gasteiger partial charge in [-0.25, -0.2) is 0 Å². The Bertz CT molecular complexity index is 179. The Labute approximate surface area is 71.7 Å². The van der Waals surface area contributed by atoms with Gasteiger partial charge in [0.05, 0.1) is 6.54 Å². The first-order valence-electron chi connectivity index (χ1n) is 3.71. The number of rotatable bonds is 4. The van der Waals surface area contributed by atoms with Gasteiger partial charge in [-0.3, -0.25) is 9.59 Å². The highest BCUT2D eigenvalue weighted by molar-refractivity contribution is 5.83. The van der Waals surface area contributed by atoms with Gasteiger partial charge < -0.3 is 16.4 Å². The van der Waals surface area contributed by atoms with E-state index < -0.39 is 5.91 Å². The molecule has 2 amide bonds. The molecular weight excluding hydrogens is 158 g/mol. The highest BCUT2D eigenvalue weighted by Gasteiger charge is 2.11. The molecule has 0 aliphatic rings. The van der Waals surface area contributed by atoms with Crippen LogP contribution in [0, 0.1) is 0 Å². The number of hydrogen-bond donors (Lipinski definition) is 2. The lowest BCUT2D eigenvalue weighted by Gasteiger charge is -2.15. The van der Waals surface area contributed by atoms with Crippen molar-refractivity contribution in [1.82, 2.24) is 4.90 Å². The Morgan fingerprint density at radius 1 is 1.50 bits per heavy atom. The second-order valence-corrected chi connectivity index (χ2v) is 2.90. The standard InChI is InChI=1S/C7H15N3O2/c1-5(8)3-7(12)10(2)4-6(9)11/h5H,3-4,8H2,1-2H3,(H2,9,11). The van der Waals surface area contributed by atoms with E-state index in [1.165, 1.54) is 11.9 Å². The van der Waals surface area contributed by atoms with Crippen LogP contribution in [-0.4, -0.2) is 36.3 Å².